The van der Waals surface area contributed by atoms with Gasteiger partial charge in [-0.25, -0.2) is 0 Å². The molecule has 0 bridgehead atoms. The van der Waals surface area contributed by atoms with E-state index >= 15 is 0 Å². The molecule has 0 aliphatic heterocycles. The number of anilines is 2. The Bertz CT molecular complexity index is 859. The number of esters is 1. The molecule has 0 atom stereocenters. The number of thioether (sulfide) groups is 1. The lowest BCUT2D eigenvalue weighted by Gasteiger charge is -2.21. The predicted octanol–water partition coefficient (Wildman–Crippen LogP) is 5.77. The molecule has 0 unspecified atom stereocenters. The van der Waals surface area contributed by atoms with Crippen molar-refractivity contribution >= 4 is 69.8 Å². The average molecular weight is 476 g/mol. The van der Waals surface area contributed by atoms with Crippen molar-refractivity contribution in [1.82, 2.24) is 0 Å². The predicted molar refractivity (Wildman–Crippen MR) is 122 cm³/mol. The molecule has 0 saturated carbocycles. The number of nitrogens with zero attached hydrogens (tertiary/aromatic N) is 1. The first-order valence-electron chi connectivity index (χ1n) is 8.92. The Kier molecular flexibility index (Phi) is 9.43. The number of hydrogen-bond donors (Lipinski definition) is 1. The first-order valence-corrected chi connectivity index (χ1v) is 11.0. The fraction of sp³-hybridized carbons (Fsp3) is 0.300. The molecule has 2 rings (SSSR count). The minimum absolute atomic E-state index is 0.0104. The second-order valence-corrected chi connectivity index (χ2v) is 8.07. The van der Waals surface area contributed by atoms with Gasteiger partial charge in [-0.05, 0) is 50.2 Å². The number of hydrogen-bond acceptors (Lipinski definition) is 5. The molecule has 9 heteroatoms. The summed E-state index contributed by atoms with van der Waals surface area (Å²) in [5, 5.41) is 3.55. The zero-order chi connectivity index (χ0) is 21.4. The number of nitrogens with one attached hydrogen (secondary N) is 1. The van der Waals surface area contributed by atoms with Gasteiger partial charge in [0.1, 0.15) is 0 Å². The van der Waals surface area contributed by atoms with Gasteiger partial charge in [-0.2, -0.15) is 0 Å². The summed E-state index contributed by atoms with van der Waals surface area (Å²) in [4.78, 5) is 26.7. The van der Waals surface area contributed by atoms with Crippen LogP contribution in [0.5, 0.6) is 0 Å². The maximum Gasteiger partial charge on any atom is 0.316 e. The Morgan fingerprint density at radius 2 is 1.66 bits per heavy atom. The summed E-state index contributed by atoms with van der Waals surface area (Å²) >= 11 is 19.1. The van der Waals surface area contributed by atoms with Gasteiger partial charge in [0, 0.05) is 29.4 Å². The number of carbonyl (C=O) groups is 2. The molecule has 0 fully saturated rings. The zero-order valence-electron chi connectivity index (χ0n) is 16.0. The van der Waals surface area contributed by atoms with Crippen molar-refractivity contribution in [2.45, 2.75) is 18.7 Å². The van der Waals surface area contributed by atoms with Gasteiger partial charge in [-0.15, -0.1) is 11.8 Å². The third kappa shape index (κ3) is 7.00. The molecule has 5 nitrogen and oxygen atoms in total. The van der Waals surface area contributed by atoms with Crippen LogP contribution in [0.25, 0.3) is 0 Å². The van der Waals surface area contributed by atoms with E-state index in [1.165, 1.54) is 0 Å². The summed E-state index contributed by atoms with van der Waals surface area (Å²) in [5.74, 6) is -0.959. The fourth-order valence-corrected chi connectivity index (χ4v) is 3.99. The third-order valence-electron chi connectivity index (χ3n) is 3.99. The van der Waals surface area contributed by atoms with E-state index in [1.807, 2.05) is 24.3 Å². The van der Waals surface area contributed by atoms with Crippen LogP contribution in [0.1, 0.15) is 13.8 Å². The number of ether oxygens (including phenoxy) is 1. The van der Waals surface area contributed by atoms with Gasteiger partial charge in [0.15, 0.2) is 6.61 Å². The molecule has 1 N–H and O–H groups in total. The van der Waals surface area contributed by atoms with Crippen molar-refractivity contribution < 1.29 is 14.3 Å². The number of carbonyl (C=O) groups excluding carboxylic acids is 2. The lowest BCUT2D eigenvalue weighted by atomic mass is 10.2. The highest BCUT2D eigenvalue weighted by Crippen LogP contribution is 2.37. The van der Waals surface area contributed by atoms with Crippen LogP contribution in [0.15, 0.2) is 41.3 Å². The molecule has 0 saturated heterocycles. The van der Waals surface area contributed by atoms with Crippen LogP contribution in [-0.4, -0.2) is 37.3 Å². The largest absolute Gasteiger partial charge is 0.455 e. The van der Waals surface area contributed by atoms with E-state index in [0.29, 0.717) is 15.6 Å². The van der Waals surface area contributed by atoms with Crippen LogP contribution in [-0.2, 0) is 14.3 Å². The third-order valence-corrected chi connectivity index (χ3v) is 6.43. The van der Waals surface area contributed by atoms with E-state index in [1.54, 1.807) is 12.1 Å². The number of amides is 1. The van der Waals surface area contributed by atoms with E-state index in [2.05, 4.69) is 24.1 Å². The average Bonchev–Trinajstić information content (AvgIpc) is 2.72. The fourth-order valence-electron chi connectivity index (χ4n) is 2.49. The smallest absolute Gasteiger partial charge is 0.316 e. The second kappa shape index (κ2) is 11.6. The minimum atomic E-state index is -0.538. The molecular weight excluding hydrogens is 455 g/mol. The van der Waals surface area contributed by atoms with Crippen LogP contribution in [0, 0.1) is 0 Å². The van der Waals surface area contributed by atoms with Gasteiger partial charge in [0.25, 0.3) is 5.91 Å². The molecule has 0 aliphatic carbocycles. The van der Waals surface area contributed by atoms with Crippen LogP contribution in [0.3, 0.4) is 0 Å². The van der Waals surface area contributed by atoms with E-state index in [4.69, 9.17) is 39.5 Å². The van der Waals surface area contributed by atoms with Crippen molar-refractivity contribution in [3.05, 3.63) is 51.5 Å². The van der Waals surface area contributed by atoms with Gasteiger partial charge in [-0.1, -0.05) is 34.8 Å². The number of benzene rings is 2. The lowest BCUT2D eigenvalue weighted by Crippen LogP contribution is -2.22. The monoisotopic (exact) mass is 474 g/mol. The first-order chi connectivity index (χ1) is 13.8. The van der Waals surface area contributed by atoms with E-state index in [0.717, 1.165) is 30.5 Å². The summed E-state index contributed by atoms with van der Waals surface area (Å²) in [7, 11) is 0. The molecule has 29 heavy (non-hydrogen) atoms. The maximum atomic E-state index is 12.0. The highest BCUT2D eigenvalue weighted by Gasteiger charge is 2.13. The van der Waals surface area contributed by atoms with E-state index < -0.39 is 11.9 Å². The van der Waals surface area contributed by atoms with Gasteiger partial charge in [0.2, 0.25) is 0 Å². The molecule has 0 aromatic heterocycles. The Morgan fingerprint density at radius 3 is 2.28 bits per heavy atom. The molecule has 0 radical (unpaired) electrons. The minimum Gasteiger partial charge on any atom is -0.455 e. The van der Waals surface area contributed by atoms with Crippen LogP contribution >= 0.6 is 46.6 Å². The van der Waals surface area contributed by atoms with Gasteiger partial charge >= 0.3 is 5.97 Å². The quantitative estimate of drug-likeness (QED) is 0.283. The molecule has 2 aromatic carbocycles. The summed E-state index contributed by atoms with van der Waals surface area (Å²) in [6.07, 6.45) is 0. The maximum absolute atomic E-state index is 12.0. The van der Waals surface area contributed by atoms with E-state index in [-0.39, 0.29) is 22.4 Å². The Hall–Kier alpha value is -1.60. The topological polar surface area (TPSA) is 58.6 Å². The van der Waals surface area contributed by atoms with Crippen LogP contribution in [0.2, 0.25) is 15.1 Å². The SMILES string of the molecule is CCN(CC)c1ccc(NC(=O)COC(=O)CSc2ccc(Cl)c(Cl)c2Cl)cc1. The van der Waals surface area contributed by atoms with Crippen molar-refractivity contribution in [3.8, 4) is 0 Å². The molecule has 0 aliphatic rings. The Labute approximate surface area is 189 Å². The van der Waals surface area contributed by atoms with Crippen molar-refractivity contribution in [2.24, 2.45) is 0 Å². The standard InChI is InChI=1S/C20H21Cl3N2O3S/c1-3-25(4-2)14-7-5-13(6-8-14)24-17(26)11-28-18(27)12-29-16-10-9-15(21)19(22)20(16)23/h5-10H,3-4,11-12H2,1-2H3,(H,24,26). The summed E-state index contributed by atoms with van der Waals surface area (Å²) in [6, 6.07) is 10.8. The van der Waals surface area contributed by atoms with Crippen molar-refractivity contribution in [1.29, 1.82) is 0 Å². The highest BCUT2D eigenvalue weighted by molar-refractivity contribution is 8.00. The number of halogens is 3. The van der Waals surface area contributed by atoms with Gasteiger partial charge in [0.05, 0.1) is 20.8 Å². The molecule has 156 valence electrons. The van der Waals surface area contributed by atoms with Crippen molar-refractivity contribution in [2.75, 3.05) is 35.7 Å². The molecular formula is C20H21Cl3N2O3S. The zero-order valence-corrected chi connectivity index (χ0v) is 19.1. The summed E-state index contributed by atoms with van der Waals surface area (Å²) in [6.45, 7) is 5.61. The number of rotatable bonds is 9. The summed E-state index contributed by atoms with van der Waals surface area (Å²) in [5.41, 5.74) is 1.72. The second-order valence-electron chi connectivity index (χ2n) is 5.89. The van der Waals surface area contributed by atoms with Crippen LogP contribution < -0.4 is 10.2 Å². The first kappa shape index (κ1) is 23.7. The van der Waals surface area contributed by atoms with Crippen molar-refractivity contribution in [3.63, 3.8) is 0 Å². The van der Waals surface area contributed by atoms with E-state index in [9.17, 15) is 9.59 Å². The van der Waals surface area contributed by atoms with Crippen LogP contribution in [0.4, 0.5) is 11.4 Å². The van der Waals surface area contributed by atoms with Gasteiger partial charge < -0.3 is 15.0 Å². The molecule has 1 amide bonds. The highest BCUT2D eigenvalue weighted by atomic mass is 35.5. The lowest BCUT2D eigenvalue weighted by molar-refractivity contribution is -0.144. The molecule has 0 heterocycles. The Balaban J connectivity index is 1.79. The van der Waals surface area contributed by atoms with Gasteiger partial charge in [-0.3, -0.25) is 9.59 Å². The molecule has 2 aromatic rings. The summed E-state index contributed by atoms with van der Waals surface area (Å²) < 4.78 is 5.01. The Morgan fingerprint density at radius 1 is 1.00 bits per heavy atom. The normalized spacial score (nSPS) is 10.5. The molecule has 0 spiro atoms.